The van der Waals surface area contributed by atoms with Gasteiger partial charge in [-0.05, 0) is 38.6 Å². The number of hydrogen-bond acceptors (Lipinski definition) is 3. The summed E-state index contributed by atoms with van der Waals surface area (Å²) in [6, 6.07) is 0.617. The lowest BCUT2D eigenvalue weighted by Gasteiger charge is -2.43. The van der Waals surface area contributed by atoms with Crippen molar-refractivity contribution in [3.8, 4) is 0 Å². The summed E-state index contributed by atoms with van der Waals surface area (Å²) in [7, 11) is 0. The molecule has 1 unspecified atom stereocenters. The lowest BCUT2D eigenvalue weighted by atomic mass is 9.84. The van der Waals surface area contributed by atoms with E-state index in [1.807, 2.05) is 6.08 Å². The molecule has 2 saturated heterocycles. The molecule has 3 heteroatoms. The predicted molar refractivity (Wildman–Crippen MR) is 64.6 cm³/mol. The SMILES string of the molecule is C=CCCNC1CCOC2(CCOCC2)C1. The van der Waals surface area contributed by atoms with E-state index in [1.54, 1.807) is 0 Å². The van der Waals surface area contributed by atoms with Gasteiger partial charge in [0.2, 0.25) is 0 Å². The molecule has 0 aliphatic carbocycles. The van der Waals surface area contributed by atoms with E-state index >= 15 is 0 Å². The van der Waals surface area contributed by atoms with Gasteiger partial charge >= 0.3 is 0 Å². The van der Waals surface area contributed by atoms with Gasteiger partial charge in [-0.2, -0.15) is 0 Å². The summed E-state index contributed by atoms with van der Waals surface area (Å²) in [6.07, 6.45) is 7.43. The molecule has 2 heterocycles. The molecule has 0 bridgehead atoms. The topological polar surface area (TPSA) is 30.5 Å². The largest absolute Gasteiger partial charge is 0.381 e. The fourth-order valence-corrected chi connectivity index (χ4v) is 2.68. The van der Waals surface area contributed by atoms with Gasteiger partial charge in [0.15, 0.2) is 0 Å². The van der Waals surface area contributed by atoms with Crippen LogP contribution in [0.5, 0.6) is 0 Å². The molecule has 3 nitrogen and oxygen atoms in total. The van der Waals surface area contributed by atoms with Crippen molar-refractivity contribution in [1.82, 2.24) is 5.32 Å². The lowest BCUT2D eigenvalue weighted by Crippen LogP contribution is -2.49. The molecule has 0 aromatic heterocycles. The number of rotatable bonds is 4. The first-order valence-corrected chi connectivity index (χ1v) is 6.41. The average Bonchev–Trinajstić information content (AvgIpc) is 2.31. The second kappa shape index (κ2) is 5.80. The minimum atomic E-state index is 0.113. The van der Waals surface area contributed by atoms with Crippen LogP contribution in [0.2, 0.25) is 0 Å². The van der Waals surface area contributed by atoms with Crippen molar-refractivity contribution in [2.45, 2.75) is 43.7 Å². The van der Waals surface area contributed by atoms with Gasteiger partial charge in [0.05, 0.1) is 5.60 Å². The third kappa shape index (κ3) is 3.06. The van der Waals surface area contributed by atoms with Crippen molar-refractivity contribution in [2.75, 3.05) is 26.4 Å². The molecule has 2 rings (SSSR count). The minimum absolute atomic E-state index is 0.113. The molecule has 0 radical (unpaired) electrons. The summed E-state index contributed by atoms with van der Waals surface area (Å²) in [5.74, 6) is 0. The monoisotopic (exact) mass is 225 g/mol. The second-order valence-corrected chi connectivity index (χ2v) is 4.87. The van der Waals surface area contributed by atoms with E-state index in [-0.39, 0.29) is 5.60 Å². The maximum Gasteiger partial charge on any atom is 0.0741 e. The Hall–Kier alpha value is -0.380. The molecule has 1 atom stereocenters. The molecule has 1 N–H and O–H groups in total. The van der Waals surface area contributed by atoms with Crippen LogP contribution < -0.4 is 5.32 Å². The van der Waals surface area contributed by atoms with E-state index in [1.165, 1.54) is 0 Å². The number of ether oxygens (including phenoxy) is 2. The van der Waals surface area contributed by atoms with Crippen LogP contribution >= 0.6 is 0 Å². The fourth-order valence-electron chi connectivity index (χ4n) is 2.68. The highest BCUT2D eigenvalue weighted by atomic mass is 16.5. The average molecular weight is 225 g/mol. The first-order valence-electron chi connectivity index (χ1n) is 6.41. The zero-order chi connectivity index (χ0) is 11.3. The van der Waals surface area contributed by atoms with Crippen LogP contribution in [0, 0.1) is 0 Å². The van der Waals surface area contributed by atoms with E-state index < -0.39 is 0 Å². The Morgan fingerprint density at radius 2 is 2.12 bits per heavy atom. The van der Waals surface area contributed by atoms with E-state index in [0.29, 0.717) is 6.04 Å². The van der Waals surface area contributed by atoms with Crippen LogP contribution in [0.3, 0.4) is 0 Å². The van der Waals surface area contributed by atoms with Crippen LogP contribution in [0.25, 0.3) is 0 Å². The van der Waals surface area contributed by atoms with Crippen LogP contribution in [0.1, 0.15) is 32.1 Å². The first kappa shape index (κ1) is 12.1. The Bertz CT molecular complexity index is 218. The molecule has 2 fully saturated rings. The summed E-state index contributed by atoms with van der Waals surface area (Å²) < 4.78 is 11.4. The summed E-state index contributed by atoms with van der Waals surface area (Å²) in [4.78, 5) is 0. The van der Waals surface area contributed by atoms with Gasteiger partial charge in [-0.3, -0.25) is 0 Å². The molecular formula is C13H23NO2. The van der Waals surface area contributed by atoms with Gasteiger partial charge in [-0.25, -0.2) is 0 Å². The highest BCUT2D eigenvalue weighted by molar-refractivity contribution is 4.91. The van der Waals surface area contributed by atoms with E-state index in [4.69, 9.17) is 9.47 Å². The number of nitrogens with one attached hydrogen (secondary N) is 1. The van der Waals surface area contributed by atoms with Gasteiger partial charge in [-0.15, -0.1) is 6.58 Å². The van der Waals surface area contributed by atoms with E-state index in [9.17, 15) is 0 Å². The van der Waals surface area contributed by atoms with Crippen molar-refractivity contribution >= 4 is 0 Å². The van der Waals surface area contributed by atoms with E-state index in [2.05, 4.69) is 11.9 Å². The smallest absolute Gasteiger partial charge is 0.0741 e. The summed E-state index contributed by atoms with van der Waals surface area (Å²) in [6.45, 7) is 7.40. The van der Waals surface area contributed by atoms with Crippen LogP contribution in [-0.4, -0.2) is 38.0 Å². The Morgan fingerprint density at radius 3 is 2.88 bits per heavy atom. The third-order valence-electron chi connectivity index (χ3n) is 3.68. The molecule has 92 valence electrons. The normalized spacial score (nSPS) is 29.1. The Morgan fingerprint density at radius 1 is 1.31 bits per heavy atom. The lowest BCUT2D eigenvalue weighted by molar-refractivity contribution is -0.140. The zero-order valence-corrected chi connectivity index (χ0v) is 10.0. The highest BCUT2D eigenvalue weighted by Crippen LogP contribution is 2.34. The standard InChI is InChI=1S/C13H23NO2/c1-2-3-7-14-12-4-8-16-13(11-12)5-9-15-10-6-13/h2,12,14H,1,3-11H2. The molecule has 0 saturated carbocycles. The minimum Gasteiger partial charge on any atom is -0.381 e. The van der Waals surface area contributed by atoms with Gasteiger partial charge in [0, 0.05) is 25.9 Å². The molecule has 0 aromatic carbocycles. The fraction of sp³-hybridized carbons (Fsp3) is 0.846. The predicted octanol–water partition coefficient (Wildman–Crippen LogP) is 1.88. The maximum atomic E-state index is 6.00. The van der Waals surface area contributed by atoms with Crippen molar-refractivity contribution in [3.63, 3.8) is 0 Å². The molecule has 2 aliphatic rings. The Labute approximate surface area is 98.2 Å². The molecule has 0 amide bonds. The van der Waals surface area contributed by atoms with Crippen LogP contribution in [-0.2, 0) is 9.47 Å². The number of hydrogen-bond donors (Lipinski definition) is 1. The van der Waals surface area contributed by atoms with E-state index in [0.717, 1.165) is 58.5 Å². The molecule has 16 heavy (non-hydrogen) atoms. The van der Waals surface area contributed by atoms with Gasteiger partial charge in [-0.1, -0.05) is 6.08 Å². The maximum absolute atomic E-state index is 6.00. The molecular weight excluding hydrogens is 202 g/mol. The second-order valence-electron chi connectivity index (χ2n) is 4.87. The quantitative estimate of drug-likeness (QED) is 0.585. The van der Waals surface area contributed by atoms with Gasteiger partial charge in [0.1, 0.15) is 0 Å². The first-order chi connectivity index (χ1) is 7.85. The molecule has 0 aromatic rings. The van der Waals surface area contributed by atoms with Crippen molar-refractivity contribution in [3.05, 3.63) is 12.7 Å². The van der Waals surface area contributed by atoms with Crippen molar-refractivity contribution in [1.29, 1.82) is 0 Å². The van der Waals surface area contributed by atoms with Gasteiger partial charge in [0.25, 0.3) is 0 Å². The zero-order valence-electron chi connectivity index (χ0n) is 10.0. The molecule has 1 spiro atoms. The van der Waals surface area contributed by atoms with Crippen molar-refractivity contribution < 1.29 is 9.47 Å². The van der Waals surface area contributed by atoms with Crippen molar-refractivity contribution in [2.24, 2.45) is 0 Å². The summed E-state index contributed by atoms with van der Waals surface area (Å²) in [5.41, 5.74) is 0.113. The summed E-state index contributed by atoms with van der Waals surface area (Å²) in [5, 5.41) is 3.60. The van der Waals surface area contributed by atoms with Gasteiger partial charge < -0.3 is 14.8 Å². The van der Waals surface area contributed by atoms with Crippen LogP contribution in [0.4, 0.5) is 0 Å². The Kier molecular flexibility index (Phi) is 4.38. The molecule has 2 aliphatic heterocycles. The van der Waals surface area contributed by atoms with Crippen LogP contribution in [0.15, 0.2) is 12.7 Å². The third-order valence-corrected chi connectivity index (χ3v) is 3.68. The summed E-state index contributed by atoms with van der Waals surface area (Å²) >= 11 is 0. The Balaban J connectivity index is 1.80. The highest BCUT2D eigenvalue weighted by Gasteiger charge is 2.38.